The summed E-state index contributed by atoms with van der Waals surface area (Å²) in [7, 11) is -3.90. The van der Waals surface area contributed by atoms with Crippen LogP contribution >= 0.6 is 11.6 Å². The molecule has 0 aliphatic carbocycles. The summed E-state index contributed by atoms with van der Waals surface area (Å²) in [5, 5.41) is 4.84. The van der Waals surface area contributed by atoms with Crippen LogP contribution in [0.2, 0.25) is 0 Å². The Hall–Kier alpha value is -0.980. The fraction of sp³-hybridized carbons (Fsp3) is 0.125. The van der Waals surface area contributed by atoms with Crippen molar-refractivity contribution < 1.29 is 17.6 Å². The van der Waals surface area contributed by atoms with Gasteiger partial charge in [-0.1, -0.05) is 23.7 Å². The van der Waals surface area contributed by atoms with Crippen molar-refractivity contribution in [3.05, 3.63) is 29.8 Å². The minimum Gasteiger partial charge on any atom is -0.289 e. The Morgan fingerprint density at radius 3 is 2.53 bits per heavy atom. The lowest BCUT2D eigenvalue weighted by Crippen LogP contribution is -2.14. The summed E-state index contributed by atoms with van der Waals surface area (Å²) in [5.74, 6) is -0.998. The van der Waals surface area contributed by atoms with Gasteiger partial charge in [-0.25, -0.2) is 17.9 Å². The highest BCUT2D eigenvalue weighted by Crippen LogP contribution is 2.14. The maximum absolute atomic E-state index is 12.4. The Morgan fingerprint density at radius 2 is 2.07 bits per heavy atom. The standard InChI is InChI=1S/C8H7ClFNO3S/c9-8(10)7(12)5-2-1-3-6(4-5)15(11,13)14/h1-4,8H,(H2,11,13,14). The van der Waals surface area contributed by atoms with Gasteiger partial charge in [-0.2, -0.15) is 0 Å². The molecule has 1 unspecified atom stereocenters. The number of hydrogen-bond acceptors (Lipinski definition) is 3. The lowest BCUT2D eigenvalue weighted by atomic mass is 10.1. The van der Waals surface area contributed by atoms with Gasteiger partial charge >= 0.3 is 0 Å². The molecule has 0 saturated carbocycles. The van der Waals surface area contributed by atoms with Crippen molar-refractivity contribution in [3.63, 3.8) is 0 Å². The second-order valence-electron chi connectivity index (χ2n) is 2.74. The molecule has 2 N–H and O–H groups in total. The van der Waals surface area contributed by atoms with Crippen LogP contribution in [0.4, 0.5) is 4.39 Å². The molecule has 1 atom stereocenters. The SMILES string of the molecule is NS(=O)(=O)c1cccc(C(=O)C(F)Cl)c1. The van der Waals surface area contributed by atoms with Crippen LogP contribution in [-0.4, -0.2) is 19.8 Å². The third-order valence-corrected chi connectivity index (χ3v) is 2.75. The van der Waals surface area contributed by atoms with E-state index in [1.165, 1.54) is 18.2 Å². The molecule has 0 amide bonds. The van der Waals surface area contributed by atoms with E-state index >= 15 is 0 Å². The molecule has 0 saturated heterocycles. The van der Waals surface area contributed by atoms with Crippen molar-refractivity contribution in [1.29, 1.82) is 0 Å². The Bertz CT molecular complexity index is 486. The van der Waals surface area contributed by atoms with Gasteiger partial charge in [-0.05, 0) is 12.1 Å². The molecular formula is C8H7ClFNO3S. The summed E-state index contributed by atoms with van der Waals surface area (Å²) in [6, 6.07) is 4.72. The Morgan fingerprint density at radius 1 is 1.47 bits per heavy atom. The summed E-state index contributed by atoms with van der Waals surface area (Å²) in [4.78, 5) is 10.8. The number of ketones is 1. The Kier molecular flexibility index (Phi) is 3.43. The lowest BCUT2D eigenvalue weighted by molar-refractivity contribution is 0.0934. The van der Waals surface area contributed by atoms with Crippen molar-refractivity contribution in [3.8, 4) is 0 Å². The van der Waals surface area contributed by atoms with Crippen LogP contribution in [0.25, 0.3) is 0 Å². The summed E-state index contributed by atoms with van der Waals surface area (Å²) < 4.78 is 34.3. The number of Topliss-reactive ketones (excluding diaryl/α,β-unsaturated/α-hetero) is 1. The maximum atomic E-state index is 12.4. The van der Waals surface area contributed by atoms with Crippen molar-refractivity contribution in [2.24, 2.45) is 5.14 Å². The number of alkyl halides is 2. The summed E-state index contributed by atoms with van der Waals surface area (Å²) >= 11 is 4.93. The molecule has 0 heterocycles. The van der Waals surface area contributed by atoms with Gasteiger partial charge in [0.1, 0.15) is 0 Å². The summed E-state index contributed by atoms with van der Waals surface area (Å²) in [6.07, 6.45) is 0. The van der Waals surface area contributed by atoms with Crippen molar-refractivity contribution in [2.75, 3.05) is 0 Å². The van der Waals surface area contributed by atoms with Crippen molar-refractivity contribution in [2.45, 2.75) is 10.5 Å². The predicted molar refractivity (Wildman–Crippen MR) is 52.9 cm³/mol. The summed E-state index contributed by atoms with van der Waals surface area (Å²) in [5.41, 5.74) is -2.33. The topological polar surface area (TPSA) is 77.2 Å². The number of carbonyl (C=O) groups is 1. The molecule has 15 heavy (non-hydrogen) atoms. The molecule has 1 rings (SSSR count). The minimum atomic E-state index is -3.90. The zero-order valence-electron chi connectivity index (χ0n) is 7.35. The Balaban J connectivity index is 3.20. The van der Waals surface area contributed by atoms with E-state index in [1.807, 2.05) is 0 Å². The fourth-order valence-electron chi connectivity index (χ4n) is 0.952. The van der Waals surface area contributed by atoms with Gasteiger partial charge in [-0.15, -0.1) is 0 Å². The highest BCUT2D eigenvalue weighted by atomic mass is 35.5. The average molecular weight is 252 g/mol. The lowest BCUT2D eigenvalue weighted by Gasteiger charge is -2.02. The number of sulfonamides is 1. The number of nitrogens with two attached hydrogens (primary N) is 1. The molecule has 7 heteroatoms. The second-order valence-corrected chi connectivity index (χ2v) is 4.68. The van der Waals surface area contributed by atoms with E-state index in [0.717, 1.165) is 6.07 Å². The molecule has 0 fully saturated rings. The van der Waals surface area contributed by atoms with Gasteiger partial charge < -0.3 is 0 Å². The smallest absolute Gasteiger partial charge is 0.238 e. The zero-order valence-corrected chi connectivity index (χ0v) is 8.93. The average Bonchev–Trinajstić information content (AvgIpc) is 2.15. The number of primary sulfonamides is 1. The van der Waals surface area contributed by atoms with Gasteiger partial charge in [-0.3, -0.25) is 4.79 Å². The third-order valence-electron chi connectivity index (χ3n) is 1.65. The van der Waals surface area contributed by atoms with Crippen LogP contribution in [0, 0.1) is 0 Å². The first-order chi connectivity index (χ1) is 6.82. The molecular weight excluding hydrogens is 245 g/mol. The summed E-state index contributed by atoms with van der Waals surface area (Å²) in [6.45, 7) is 0. The molecule has 0 aliphatic heterocycles. The molecule has 0 aromatic heterocycles. The first-order valence-corrected chi connectivity index (χ1v) is 5.76. The zero-order chi connectivity index (χ0) is 11.6. The number of benzene rings is 1. The van der Waals surface area contributed by atoms with Crippen molar-refractivity contribution in [1.82, 2.24) is 0 Å². The molecule has 0 radical (unpaired) electrons. The fourth-order valence-corrected chi connectivity index (χ4v) is 1.64. The van der Waals surface area contributed by atoms with Gasteiger partial charge in [0, 0.05) is 5.56 Å². The first kappa shape index (κ1) is 12.1. The number of halogens is 2. The molecule has 1 aromatic carbocycles. The van der Waals surface area contributed by atoms with E-state index in [-0.39, 0.29) is 10.5 Å². The van der Waals surface area contributed by atoms with Crippen LogP contribution in [0.1, 0.15) is 10.4 Å². The Labute approximate surface area is 90.9 Å². The first-order valence-electron chi connectivity index (χ1n) is 3.77. The minimum absolute atomic E-state index is 0.135. The van der Waals surface area contributed by atoms with Crippen LogP contribution in [0.5, 0.6) is 0 Å². The largest absolute Gasteiger partial charge is 0.289 e. The highest BCUT2D eigenvalue weighted by Gasteiger charge is 2.17. The van der Waals surface area contributed by atoms with Crippen LogP contribution < -0.4 is 5.14 Å². The maximum Gasteiger partial charge on any atom is 0.238 e. The van der Waals surface area contributed by atoms with Gasteiger partial charge in [0.05, 0.1) is 4.90 Å². The molecule has 4 nitrogen and oxygen atoms in total. The second kappa shape index (κ2) is 4.26. The normalized spacial score (nSPS) is 13.5. The van der Waals surface area contributed by atoms with Crippen LogP contribution in [0.3, 0.4) is 0 Å². The van der Waals surface area contributed by atoms with Gasteiger partial charge in [0.15, 0.2) is 0 Å². The van der Waals surface area contributed by atoms with Crippen LogP contribution in [0.15, 0.2) is 29.2 Å². The van der Waals surface area contributed by atoms with E-state index < -0.39 is 21.4 Å². The molecule has 0 spiro atoms. The quantitative estimate of drug-likeness (QED) is 0.644. The predicted octanol–water partition coefficient (Wildman–Crippen LogP) is 1.05. The van der Waals surface area contributed by atoms with E-state index in [4.69, 9.17) is 16.7 Å². The molecule has 0 aliphatic rings. The monoisotopic (exact) mass is 251 g/mol. The number of hydrogen-bond donors (Lipinski definition) is 1. The molecule has 0 bridgehead atoms. The molecule has 1 aromatic rings. The van der Waals surface area contributed by atoms with Gasteiger partial charge in [0.2, 0.25) is 21.4 Å². The van der Waals surface area contributed by atoms with Gasteiger partial charge in [0.25, 0.3) is 0 Å². The van der Waals surface area contributed by atoms with Crippen LogP contribution in [-0.2, 0) is 10.0 Å². The number of carbonyl (C=O) groups excluding carboxylic acids is 1. The van der Waals surface area contributed by atoms with E-state index in [2.05, 4.69) is 0 Å². The third kappa shape index (κ3) is 2.98. The van der Waals surface area contributed by atoms with Crippen molar-refractivity contribution >= 4 is 27.4 Å². The number of rotatable bonds is 3. The van der Waals surface area contributed by atoms with E-state index in [9.17, 15) is 17.6 Å². The van der Waals surface area contributed by atoms with E-state index in [0.29, 0.717) is 0 Å². The highest BCUT2D eigenvalue weighted by molar-refractivity contribution is 7.89. The van der Waals surface area contributed by atoms with E-state index in [1.54, 1.807) is 0 Å². The molecule has 82 valence electrons.